The number of carbonyl (C=O) groups is 2. The van der Waals surface area contributed by atoms with E-state index in [-0.39, 0.29) is 24.5 Å². The van der Waals surface area contributed by atoms with Crippen LogP contribution in [-0.2, 0) is 29.7 Å². The molecule has 2 unspecified atom stereocenters. The average Bonchev–Trinajstić information content (AvgIpc) is 2.70. The number of amides is 1. The van der Waals surface area contributed by atoms with Gasteiger partial charge in [-0.05, 0) is 24.2 Å². The van der Waals surface area contributed by atoms with Gasteiger partial charge in [0.1, 0.15) is 5.78 Å². The third-order valence-electron chi connectivity index (χ3n) is 5.41. The molecule has 2 N–H and O–H groups in total. The lowest BCUT2D eigenvalue weighted by Gasteiger charge is -2.36. The minimum absolute atomic E-state index is 0.0323. The predicted octanol–water partition coefficient (Wildman–Crippen LogP) is 0.308. The molecule has 2 saturated carbocycles. The van der Waals surface area contributed by atoms with Crippen molar-refractivity contribution in [3.63, 3.8) is 0 Å². The Kier molecular flexibility index (Phi) is 4.14. The minimum Gasteiger partial charge on any atom is -0.299 e. The highest BCUT2D eigenvalue weighted by Gasteiger charge is 2.65. The molecule has 0 aromatic carbocycles. The van der Waals surface area contributed by atoms with Crippen LogP contribution in [0.4, 0.5) is 8.78 Å². The van der Waals surface area contributed by atoms with Gasteiger partial charge >= 0.3 is 21.3 Å². The first kappa shape index (κ1) is 19.2. The van der Waals surface area contributed by atoms with Crippen LogP contribution in [0.1, 0.15) is 33.1 Å². The predicted molar refractivity (Wildman–Crippen MR) is 77.0 cm³/mol. The summed E-state index contributed by atoms with van der Waals surface area (Å²) in [5.41, 5.74) is -2.00. The van der Waals surface area contributed by atoms with E-state index < -0.39 is 47.9 Å². The quantitative estimate of drug-likeness (QED) is 0.646. The van der Waals surface area contributed by atoms with Crippen LogP contribution in [0.15, 0.2) is 0 Å². The van der Waals surface area contributed by atoms with Crippen molar-refractivity contribution < 1.29 is 39.8 Å². The normalized spacial score (nSPS) is 29.7. The zero-order chi connectivity index (χ0) is 18.8. The second-order valence-electron chi connectivity index (χ2n) is 6.85. The molecular formula is C12H17F2NO7S2. The summed E-state index contributed by atoms with van der Waals surface area (Å²) in [7, 11) is -10.9. The Labute approximate surface area is 137 Å². The molecule has 0 heterocycles. The number of nitrogens with one attached hydrogen (secondary N) is 1. The summed E-state index contributed by atoms with van der Waals surface area (Å²) in [6, 6.07) is 0. The Hall–Kier alpha value is -1.14. The zero-order valence-corrected chi connectivity index (χ0v) is 14.5. The maximum atomic E-state index is 13.2. The van der Waals surface area contributed by atoms with Crippen LogP contribution < -0.4 is 4.72 Å². The molecule has 0 spiro atoms. The van der Waals surface area contributed by atoms with Gasteiger partial charge in [-0.15, -0.1) is 0 Å². The van der Waals surface area contributed by atoms with Crippen molar-refractivity contribution in [2.45, 2.75) is 38.4 Å². The molecule has 0 radical (unpaired) electrons. The van der Waals surface area contributed by atoms with E-state index in [0.717, 1.165) is 4.72 Å². The molecule has 1 amide bonds. The Bertz CT molecular complexity index is 803. The minimum atomic E-state index is -6.12. The molecule has 2 aliphatic rings. The van der Waals surface area contributed by atoms with E-state index in [9.17, 15) is 35.2 Å². The van der Waals surface area contributed by atoms with Crippen molar-refractivity contribution in [1.82, 2.24) is 4.72 Å². The summed E-state index contributed by atoms with van der Waals surface area (Å²) in [4.78, 5) is 23.5. The lowest BCUT2D eigenvalue weighted by Crippen LogP contribution is -2.51. The van der Waals surface area contributed by atoms with Gasteiger partial charge in [0.25, 0.3) is 0 Å². The van der Waals surface area contributed by atoms with Crippen LogP contribution in [0.3, 0.4) is 0 Å². The number of rotatable bonds is 5. The number of alkyl halides is 2. The van der Waals surface area contributed by atoms with Gasteiger partial charge in [-0.1, -0.05) is 13.8 Å². The van der Waals surface area contributed by atoms with Gasteiger partial charge < -0.3 is 0 Å². The molecular weight excluding hydrogens is 372 g/mol. The number of Topliss-reactive ketones (excluding diaryl/α,β-unsaturated/α-hetero) is 1. The van der Waals surface area contributed by atoms with Gasteiger partial charge in [-0.3, -0.25) is 14.1 Å². The first-order chi connectivity index (χ1) is 10.6. The van der Waals surface area contributed by atoms with Gasteiger partial charge in [0.15, 0.2) is 0 Å². The molecule has 12 heteroatoms. The molecule has 0 aromatic heterocycles. The number of fused-ring (bicyclic) bond motifs is 2. The van der Waals surface area contributed by atoms with Gasteiger partial charge in [0.2, 0.25) is 10.0 Å². The summed E-state index contributed by atoms with van der Waals surface area (Å²) in [6.45, 7) is 3.42. The fourth-order valence-electron chi connectivity index (χ4n) is 3.79. The summed E-state index contributed by atoms with van der Waals surface area (Å²) in [5, 5.41) is -5.31. The number of ketones is 1. The Morgan fingerprint density at radius 2 is 1.88 bits per heavy atom. The molecule has 0 aromatic rings. The third-order valence-corrected chi connectivity index (χ3v) is 7.61. The van der Waals surface area contributed by atoms with Crippen LogP contribution in [-0.4, -0.2) is 44.1 Å². The first-order valence-electron chi connectivity index (χ1n) is 7.00. The SMILES string of the molecule is CC1(C)C2CCC1(CS(=O)(=O)NC(=O)C(F)(F)S(=O)(=O)O)C(=O)C2. The zero-order valence-electron chi connectivity index (χ0n) is 12.9. The van der Waals surface area contributed by atoms with Crippen molar-refractivity contribution in [3.05, 3.63) is 0 Å². The lowest BCUT2D eigenvalue weighted by molar-refractivity contribution is -0.134. The smallest absolute Gasteiger partial charge is 0.299 e. The Morgan fingerprint density at radius 1 is 1.33 bits per heavy atom. The molecule has 24 heavy (non-hydrogen) atoms. The Morgan fingerprint density at radius 3 is 2.25 bits per heavy atom. The van der Waals surface area contributed by atoms with Crippen LogP contribution in [0, 0.1) is 16.7 Å². The van der Waals surface area contributed by atoms with E-state index in [2.05, 4.69) is 0 Å². The van der Waals surface area contributed by atoms with Crippen molar-refractivity contribution in [3.8, 4) is 0 Å². The van der Waals surface area contributed by atoms with Crippen molar-refractivity contribution >= 4 is 31.8 Å². The fourth-order valence-corrected chi connectivity index (χ4v) is 5.95. The lowest BCUT2D eigenvalue weighted by atomic mass is 9.70. The van der Waals surface area contributed by atoms with Crippen LogP contribution in [0.25, 0.3) is 0 Å². The van der Waals surface area contributed by atoms with Gasteiger partial charge in [-0.2, -0.15) is 17.2 Å². The molecule has 138 valence electrons. The van der Waals surface area contributed by atoms with Crippen molar-refractivity contribution in [2.24, 2.45) is 16.7 Å². The highest BCUT2D eigenvalue weighted by atomic mass is 32.2. The van der Waals surface area contributed by atoms with Crippen molar-refractivity contribution in [2.75, 3.05) is 5.75 Å². The van der Waals surface area contributed by atoms with Gasteiger partial charge in [-0.25, -0.2) is 13.1 Å². The molecule has 2 fully saturated rings. The summed E-state index contributed by atoms with van der Waals surface area (Å²) >= 11 is 0. The number of sulfonamides is 1. The van der Waals surface area contributed by atoms with E-state index in [1.54, 1.807) is 13.8 Å². The summed E-state index contributed by atoms with van der Waals surface area (Å²) in [5.74, 6) is -3.92. The van der Waals surface area contributed by atoms with E-state index in [0.29, 0.717) is 6.42 Å². The van der Waals surface area contributed by atoms with Gasteiger partial charge in [0, 0.05) is 6.42 Å². The largest absolute Gasteiger partial charge is 0.447 e. The second kappa shape index (κ2) is 5.18. The maximum absolute atomic E-state index is 13.2. The van der Waals surface area contributed by atoms with E-state index in [1.165, 1.54) is 0 Å². The molecule has 2 aliphatic carbocycles. The third kappa shape index (κ3) is 2.64. The highest BCUT2D eigenvalue weighted by Crippen LogP contribution is 2.64. The molecule has 0 saturated heterocycles. The summed E-state index contributed by atoms with van der Waals surface area (Å²) < 4.78 is 80.9. The van der Waals surface area contributed by atoms with Crippen LogP contribution >= 0.6 is 0 Å². The molecule has 8 nitrogen and oxygen atoms in total. The molecule has 2 bridgehead atoms. The standard InChI is InChI=1S/C12H17F2NO7S2/c1-10(2)7-3-4-11(10,8(16)5-7)6-23(18,19)15-9(17)12(13,14)24(20,21)22/h7H,3-6H2,1-2H3,(H,15,17)(H,20,21,22). The first-order valence-corrected chi connectivity index (χ1v) is 10.1. The molecule has 0 aliphatic heterocycles. The van der Waals surface area contributed by atoms with Crippen LogP contribution in [0.5, 0.6) is 0 Å². The monoisotopic (exact) mass is 389 g/mol. The average molecular weight is 389 g/mol. The molecule has 2 rings (SSSR count). The van der Waals surface area contributed by atoms with Crippen molar-refractivity contribution in [1.29, 1.82) is 0 Å². The van der Waals surface area contributed by atoms with Gasteiger partial charge in [0.05, 0.1) is 11.2 Å². The van der Waals surface area contributed by atoms with E-state index in [4.69, 9.17) is 4.55 Å². The van der Waals surface area contributed by atoms with E-state index >= 15 is 0 Å². The fraction of sp³-hybridized carbons (Fsp3) is 0.833. The number of carbonyl (C=O) groups excluding carboxylic acids is 2. The number of hydrogen-bond donors (Lipinski definition) is 2. The van der Waals surface area contributed by atoms with E-state index in [1.807, 2.05) is 0 Å². The second-order valence-corrected chi connectivity index (χ2v) is 10.0. The number of halogens is 2. The number of hydrogen-bond acceptors (Lipinski definition) is 6. The Balaban J connectivity index is 2.27. The maximum Gasteiger partial charge on any atom is 0.447 e. The highest BCUT2D eigenvalue weighted by molar-refractivity contribution is 7.90. The topological polar surface area (TPSA) is 135 Å². The van der Waals surface area contributed by atoms with Crippen LogP contribution in [0.2, 0.25) is 0 Å². The summed E-state index contributed by atoms with van der Waals surface area (Å²) in [6.07, 6.45) is 1.02. The molecule has 2 atom stereocenters.